The van der Waals surface area contributed by atoms with Gasteiger partial charge in [-0.05, 0) is 0 Å². The van der Waals surface area contributed by atoms with Crippen LogP contribution in [0.4, 0.5) is 0 Å². The summed E-state index contributed by atoms with van der Waals surface area (Å²) in [5.74, 6) is 0. The lowest BCUT2D eigenvalue weighted by Gasteiger charge is -2.48. The molecule has 0 spiro atoms. The Morgan fingerprint density at radius 3 is 1.25 bits per heavy atom. The van der Waals surface area contributed by atoms with Gasteiger partial charge in [-0.25, -0.2) is 0 Å². The summed E-state index contributed by atoms with van der Waals surface area (Å²) in [5.41, 5.74) is 3.04. The van der Waals surface area contributed by atoms with Crippen molar-refractivity contribution in [1.29, 1.82) is 0 Å². The van der Waals surface area contributed by atoms with Crippen LogP contribution in [0.2, 0.25) is 39.3 Å². The number of nitrogens with zero attached hydrogens (tertiary/aromatic N) is 1. The van der Waals surface area contributed by atoms with Crippen LogP contribution in [0, 0.1) is 0 Å². The average molecular weight is 370 g/mol. The lowest BCUT2D eigenvalue weighted by atomic mass is 10.2. The Hall–Kier alpha value is -0.634. The van der Waals surface area contributed by atoms with E-state index < -0.39 is 30.8 Å². The van der Waals surface area contributed by atoms with Crippen LogP contribution in [0.1, 0.15) is 11.1 Å². The molecule has 4 heteroatoms. The lowest BCUT2D eigenvalue weighted by molar-refractivity contribution is 0.889. The van der Waals surface area contributed by atoms with E-state index in [9.17, 15) is 0 Å². The molecule has 0 saturated carbocycles. The molecule has 1 nitrogen and oxygen atoms in total. The van der Waals surface area contributed by atoms with Gasteiger partial charge < -0.3 is 3.21 Å². The molecular formula is C20H32AlNSi2. The first-order valence-corrected chi connectivity index (χ1v) is 18.1. The van der Waals surface area contributed by atoms with Gasteiger partial charge in [-0.3, -0.25) is 0 Å². The van der Waals surface area contributed by atoms with E-state index in [-0.39, 0.29) is 0 Å². The first-order chi connectivity index (χ1) is 11.2. The number of benzene rings is 2. The van der Waals surface area contributed by atoms with Gasteiger partial charge in [-0.2, -0.15) is 0 Å². The van der Waals surface area contributed by atoms with Gasteiger partial charge in [-0.1, -0.05) is 122 Å². The van der Waals surface area contributed by atoms with Crippen molar-refractivity contribution in [2.75, 3.05) is 0 Å². The molecule has 0 atom stereocenters. The summed E-state index contributed by atoms with van der Waals surface area (Å²) < 4.78 is 3.11. The fourth-order valence-corrected chi connectivity index (χ4v) is 24.2. The largest absolute Gasteiger partial charge is 0.431 e. The minimum absolute atomic E-state index is 1.10. The molecule has 0 aromatic heterocycles. The van der Waals surface area contributed by atoms with Gasteiger partial charge in [-0.15, -0.1) is 0 Å². The molecule has 2 aromatic carbocycles. The predicted octanol–water partition coefficient (Wildman–Crippen LogP) is 5.51. The van der Waals surface area contributed by atoms with E-state index in [1.165, 1.54) is 21.7 Å². The molecule has 0 aliphatic heterocycles. The van der Waals surface area contributed by atoms with E-state index in [1.54, 1.807) is 0 Å². The molecule has 128 valence electrons. The molecule has 24 heavy (non-hydrogen) atoms. The molecule has 2 rings (SSSR count). The quantitative estimate of drug-likeness (QED) is 0.581. The van der Waals surface area contributed by atoms with Crippen molar-refractivity contribution in [2.24, 2.45) is 0 Å². The lowest BCUT2D eigenvalue weighted by Crippen LogP contribution is -2.66. The average Bonchev–Trinajstić information content (AvgIpc) is 2.46. The van der Waals surface area contributed by atoms with Crippen LogP contribution < -0.4 is 0 Å². The maximum atomic E-state index is 3.11. The second-order valence-electron chi connectivity index (χ2n) is 8.74. The highest BCUT2D eigenvalue weighted by Gasteiger charge is 2.41. The minimum Gasteiger partial charge on any atom is -0.431 e. The zero-order valence-corrected chi connectivity index (χ0v) is 19.4. The summed E-state index contributed by atoms with van der Waals surface area (Å²) in [6, 6.07) is 22.3. The SMILES string of the molecule is C[Si](C)(C)[N]([Al]([CH2]c1ccccc1)[CH2]c1ccccc1)[Si](C)(C)C. The van der Waals surface area contributed by atoms with Gasteiger partial charge in [0.15, 0.2) is 0 Å². The van der Waals surface area contributed by atoms with E-state index in [0.717, 1.165) is 0 Å². The normalized spacial score (nSPS) is 12.5. The zero-order chi connectivity index (χ0) is 17.8. The highest BCUT2D eigenvalue weighted by molar-refractivity contribution is 6.99. The molecule has 0 radical (unpaired) electrons. The number of hydrogen-bond donors (Lipinski definition) is 0. The third-order valence-corrected chi connectivity index (χ3v) is 20.8. The Labute approximate surface area is 155 Å². The van der Waals surface area contributed by atoms with Crippen molar-refractivity contribution in [3.8, 4) is 0 Å². The summed E-state index contributed by atoms with van der Waals surface area (Å²) in [6.45, 7) is 15.3. The van der Waals surface area contributed by atoms with Gasteiger partial charge in [0, 0.05) is 0 Å². The van der Waals surface area contributed by atoms with E-state index in [0.29, 0.717) is 0 Å². The van der Waals surface area contributed by atoms with Gasteiger partial charge in [0.2, 0.25) is 0 Å². The molecule has 0 aliphatic rings. The standard InChI is InChI=1S/2C7H7.C6H18NSi2.Al/c2*1-7-5-3-2-4-6-7;1-8(2,3)7-9(4,5)6;/h2*2-6H,1H2;1-6H3;/q;;-1;+1. The molecule has 0 saturated heterocycles. The third kappa shape index (κ3) is 5.72. The van der Waals surface area contributed by atoms with Crippen LogP contribution in [0.25, 0.3) is 0 Å². The number of hydrogen-bond acceptors (Lipinski definition) is 1. The van der Waals surface area contributed by atoms with Crippen molar-refractivity contribution < 1.29 is 0 Å². The van der Waals surface area contributed by atoms with Crippen molar-refractivity contribution >= 4 is 30.8 Å². The Balaban J connectivity index is 2.36. The highest BCUT2D eigenvalue weighted by Crippen LogP contribution is 2.25. The van der Waals surface area contributed by atoms with Crippen LogP contribution in [-0.4, -0.2) is 34.1 Å². The van der Waals surface area contributed by atoms with Crippen LogP contribution in [-0.2, 0) is 10.6 Å². The molecule has 0 unspecified atom stereocenters. The summed E-state index contributed by atoms with van der Waals surface area (Å²) in [5, 5.41) is 2.56. The smallest absolute Gasteiger partial charge is 0.367 e. The summed E-state index contributed by atoms with van der Waals surface area (Å²) >= 11 is -1.10. The molecule has 2 aromatic rings. The Morgan fingerprint density at radius 1 is 0.625 bits per heavy atom. The van der Waals surface area contributed by atoms with Crippen molar-refractivity contribution in [2.45, 2.75) is 49.8 Å². The second kappa shape index (κ2) is 8.16. The van der Waals surface area contributed by atoms with Gasteiger partial charge in [0.25, 0.3) is 0 Å². The first kappa shape index (κ1) is 19.7. The van der Waals surface area contributed by atoms with Gasteiger partial charge >= 0.3 is 14.4 Å². The Bertz CT molecular complexity index is 562. The summed E-state index contributed by atoms with van der Waals surface area (Å²) in [4.78, 5) is 0. The third-order valence-electron chi connectivity index (χ3n) is 4.44. The fraction of sp³-hybridized carbons (Fsp3) is 0.400. The maximum Gasteiger partial charge on any atom is 0.367 e. The van der Waals surface area contributed by atoms with Crippen LogP contribution in [0.3, 0.4) is 0 Å². The minimum atomic E-state index is -1.34. The van der Waals surface area contributed by atoms with E-state index >= 15 is 0 Å². The van der Waals surface area contributed by atoms with Crippen LogP contribution in [0.5, 0.6) is 0 Å². The second-order valence-corrected chi connectivity index (χ2v) is 22.5. The summed E-state index contributed by atoms with van der Waals surface area (Å²) in [7, 11) is -2.67. The number of rotatable bonds is 7. The molecule has 0 aliphatic carbocycles. The highest BCUT2D eigenvalue weighted by atomic mass is 28.4. The zero-order valence-electron chi connectivity index (χ0n) is 16.2. The molecule has 0 bridgehead atoms. The monoisotopic (exact) mass is 369 g/mol. The Kier molecular flexibility index (Phi) is 6.70. The van der Waals surface area contributed by atoms with Crippen molar-refractivity contribution in [1.82, 2.24) is 3.21 Å². The van der Waals surface area contributed by atoms with E-state index in [1.807, 2.05) is 0 Å². The van der Waals surface area contributed by atoms with Gasteiger partial charge in [0.1, 0.15) is 0 Å². The molecule has 0 heterocycles. The topological polar surface area (TPSA) is 3.24 Å². The van der Waals surface area contributed by atoms with Crippen molar-refractivity contribution in [3.05, 3.63) is 71.8 Å². The van der Waals surface area contributed by atoms with Gasteiger partial charge in [0.05, 0.1) is 16.5 Å². The van der Waals surface area contributed by atoms with E-state index in [4.69, 9.17) is 0 Å². The van der Waals surface area contributed by atoms with Crippen LogP contribution in [0.15, 0.2) is 60.7 Å². The van der Waals surface area contributed by atoms with Crippen LogP contribution >= 0.6 is 0 Å². The first-order valence-electron chi connectivity index (χ1n) is 9.05. The van der Waals surface area contributed by atoms with E-state index in [2.05, 4.69) is 103 Å². The maximum absolute atomic E-state index is 3.11. The summed E-state index contributed by atoms with van der Waals surface area (Å²) in [6.07, 6.45) is 0. The molecule has 0 fully saturated rings. The molecule has 0 amide bonds. The Morgan fingerprint density at radius 2 is 0.958 bits per heavy atom. The fourth-order valence-electron chi connectivity index (χ4n) is 4.13. The molecule has 0 N–H and O–H groups in total. The van der Waals surface area contributed by atoms with Crippen molar-refractivity contribution in [3.63, 3.8) is 0 Å². The molecular weight excluding hydrogens is 337 g/mol. The predicted molar refractivity (Wildman–Crippen MR) is 115 cm³/mol.